The average Bonchev–Trinajstić information content (AvgIpc) is 3.03. The summed E-state index contributed by atoms with van der Waals surface area (Å²) in [5, 5.41) is 3.01. The molecule has 0 radical (unpaired) electrons. The van der Waals surface area contributed by atoms with Crippen molar-refractivity contribution in [3.05, 3.63) is 77.0 Å². The van der Waals surface area contributed by atoms with Gasteiger partial charge in [0.15, 0.2) is 5.65 Å². The Morgan fingerprint density at radius 1 is 1.13 bits per heavy atom. The topological polar surface area (TPSA) is 113 Å². The lowest BCUT2D eigenvalue weighted by Gasteiger charge is -2.40. The summed E-state index contributed by atoms with van der Waals surface area (Å²) in [6, 6.07) is 6.68. The number of nitrogens with one attached hydrogen (secondary N) is 1. The van der Waals surface area contributed by atoms with E-state index in [4.69, 9.17) is 0 Å². The van der Waals surface area contributed by atoms with Crippen LogP contribution < -0.4 is 15.9 Å². The van der Waals surface area contributed by atoms with Gasteiger partial charge in [-0.25, -0.2) is 23.1 Å². The minimum absolute atomic E-state index is 0.0787. The first-order valence-electron chi connectivity index (χ1n) is 15.1. The Labute approximate surface area is 268 Å². The van der Waals surface area contributed by atoms with E-state index in [1.165, 1.54) is 40.6 Å². The van der Waals surface area contributed by atoms with Crippen LogP contribution in [-0.2, 0) is 9.59 Å². The van der Waals surface area contributed by atoms with Crippen LogP contribution in [-0.4, -0.2) is 67.7 Å². The number of amides is 2. The molecule has 0 saturated carbocycles. The molecule has 6 rings (SSSR count). The second kappa shape index (κ2) is 12.6. The number of piperazine rings is 1. The molecule has 2 amide bonds. The number of fused-ring (bicyclic) bond motifs is 7. The lowest BCUT2D eigenvalue weighted by Crippen LogP contribution is -2.54. The van der Waals surface area contributed by atoms with Crippen LogP contribution in [0.4, 0.5) is 20.3 Å². The smallest absolute Gasteiger partial charge is 0.350 e. The number of benzene rings is 1. The van der Waals surface area contributed by atoms with Crippen molar-refractivity contribution in [2.45, 2.75) is 50.5 Å². The molecule has 0 spiro atoms. The highest BCUT2D eigenvalue weighted by Crippen LogP contribution is 2.35. The van der Waals surface area contributed by atoms with Gasteiger partial charge in [0.1, 0.15) is 23.1 Å². The van der Waals surface area contributed by atoms with E-state index >= 15 is 8.78 Å². The molecule has 1 aromatic carbocycles. The lowest BCUT2D eigenvalue weighted by atomic mass is 10.1. The summed E-state index contributed by atoms with van der Waals surface area (Å²) in [6.07, 6.45) is 3.77. The molecule has 2 aliphatic rings. The zero-order valence-corrected chi connectivity index (χ0v) is 26.5. The highest BCUT2D eigenvalue weighted by atomic mass is 32.2. The summed E-state index contributed by atoms with van der Waals surface area (Å²) in [5.41, 5.74) is 0.275. The maximum atomic E-state index is 16.1. The Morgan fingerprint density at radius 2 is 1.93 bits per heavy atom. The lowest BCUT2D eigenvalue weighted by molar-refractivity contribution is -0.126. The maximum Gasteiger partial charge on any atom is 0.355 e. The third-order valence-electron chi connectivity index (χ3n) is 8.17. The van der Waals surface area contributed by atoms with Crippen LogP contribution >= 0.6 is 11.8 Å². The molecular weight excluding hydrogens is 612 g/mol. The third-order valence-corrected chi connectivity index (χ3v) is 9.22. The molecule has 46 heavy (non-hydrogen) atoms. The van der Waals surface area contributed by atoms with Gasteiger partial charge in [-0.05, 0) is 61.4 Å². The standard InChI is InChI=1S/C33H33F2N7O3S/c1-5-28(44)40-10-11-41(19(4)17-40)31-23-15-25(35)30-22-13-20(8-9-24(22)34)37-27(43)7-6-12-46-21-14-26(29(18(2)3)36-16-21)42(32(23)38-30)33(45)39-31/h5,8-9,13-16,18-19H,1,6-7,10-12,17H2,2-4H3,(H,37,43)/t19-/m0/s1. The van der Waals surface area contributed by atoms with Crippen molar-refractivity contribution in [3.63, 3.8) is 0 Å². The molecular formula is C33H33F2N7O3S. The predicted molar refractivity (Wildman–Crippen MR) is 175 cm³/mol. The van der Waals surface area contributed by atoms with Crippen LogP contribution in [0.3, 0.4) is 0 Å². The van der Waals surface area contributed by atoms with Crippen molar-refractivity contribution in [1.82, 2.24) is 24.4 Å². The molecule has 0 aliphatic carbocycles. The van der Waals surface area contributed by atoms with E-state index in [9.17, 15) is 14.4 Å². The zero-order valence-electron chi connectivity index (χ0n) is 25.7. The van der Waals surface area contributed by atoms with Crippen molar-refractivity contribution >= 4 is 46.1 Å². The molecule has 6 bridgehead atoms. The third kappa shape index (κ3) is 5.86. The van der Waals surface area contributed by atoms with Gasteiger partial charge >= 0.3 is 5.69 Å². The van der Waals surface area contributed by atoms with E-state index in [0.29, 0.717) is 48.9 Å². The second-order valence-corrected chi connectivity index (χ2v) is 12.9. The molecule has 10 nitrogen and oxygen atoms in total. The van der Waals surface area contributed by atoms with Gasteiger partial charge in [0, 0.05) is 54.4 Å². The Morgan fingerprint density at radius 3 is 2.67 bits per heavy atom. The van der Waals surface area contributed by atoms with Crippen molar-refractivity contribution in [2.24, 2.45) is 0 Å². The van der Waals surface area contributed by atoms with Gasteiger partial charge in [0.05, 0.1) is 16.8 Å². The van der Waals surface area contributed by atoms with Gasteiger partial charge in [0.25, 0.3) is 0 Å². The van der Waals surface area contributed by atoms with E-state index < -0.39 is 17.3 Å². The number of pyridine rings is 2. The number of carbonyl (C=O) groups is 2. The molecule has 2 aliphatic heterocycles. The first-order valence-corrected chi connectivity index (χ1v) is 16.1. The normalized spacial score (nSPS) is 17.0. The van der Waals surface area contributed by atoms with Crippen molar-refractivity contribution in [3.8, 4) is 16.9 Å². The van der Waals surface area contributed by atoms with Crippen molar-refractivity contribution in [1.29, 1.82) is 0 Å². The summed E-state index contributed by atoms with van der Waals surface area (Å²) < 4.78 is 32.8. The fraction of sp³-hybridized carbons (Fsp3) is 0.333. The van der Waals surface area contributed by atoms with Crippen molar-refractivity contribution < 1.29 is 18.4 Å². The Bertz CT molecular complexity index is 1950. The highest BCUT2D eigenvalue weighted by Gasteiger charge is 2.31. The minimum Gasteiger partial charge on any atom is -0.350 e. The van der Waals surface area contributed by atoms with Gasteiger partial charge in [-0.1, -0.05) is 20.4 Å². The molecule has 1 saturated heterocycles. The van der Waals surface area contributed by atoms with Crippen LogP contribution in [0, 0.1) is 11.6 Å². The number of nitrogens with zero attached hydrogens (tertiary/aromatic N) is 6. The molecule has 1 atom stereocenters. The van der Waals surface area contributed by atoms with Crippen molar-refractivity contribution in [2.75, 3.05) is 35.6 Å². The Hall–Kier alpha value is -4.65. The number of thioether (sulfide) groups is 1. The molecule has 1 fully saturated rings. The molecule has 238 valence electrons. The number of carbonyl (C=O) groups excluding carboxylic acids is 2. The fourth-order valence-corrected chi connectivity index (χ4v) is 6.76. The van der Waals surface area contributed by atoms with E-state index in [2.05, 4.69) is 26.8 Å². The monoisotopic (exact) mass is 645 g/mol. The number of aromatic nitrogens is 4. The van der Waals surface area contributed by atoms with Gasteiger partial charge in [-0.2, -0.15) is 4.98 Å². The van der Waals surface area contributed by atoms with E-state index in [1.54, 1.807) is 11.1 Å². The van der Waals surface area contributed by atoms with Crippen LogP contribution in [0.1, 0.15) is 45.2 Å². The van der Waals surface area contributed by atoms with Gasteiger partial charge in [-0.3, -0.25) is 14.6 Å². The van der Waals surface area contributed by atoms with Gasteiger partial charge < -0.3 is 15.1 Å². The number of rotatable bonds is 3. The number of hydrogen-bond donors (Lipinski definition) is 1. The first-order chi connectivity index (χ1) is 22.0. The Kier molecular flexibility index (Phi) is 8.60. The average molecular weight is 646 g/mol. The highest BCUT2D eigenvalue weighted by molar-refractivity contribution is 7.99. The van der Waals surface area contributed by atoms with Crippen LogP contribution in [0.2, 0.25) is 0 Å². The van der Waals surface area contributed by atoms with Gasteiger partial charge in [0.2, 0.25) is 11.8 Å². The maximum absolute atomic E-state index is 16.1. The fourth-order valence-electron chi connectivity index (χ4n) is 5.91. The van der Waals surface area contributed by atoms with Crippen LogP contribution in [0.25, 0.3) is 28.0 Å². The minimum atomic E-state index is -0.830. The number of halogens is 2. The summed E-state index contributed by atoms with van der Waals surface area (Å²) in [4.78, 5) is 57.2. The van der Waals surface area contributed by atoms with E-state index in [1.807, 2.05) is 31.7 Å². The second-order valence-electron chi connectivity index (χ2n) is 11.7. The quantitative estimate of drug-likeness (QED) is 0.299. The molecule has 3 aromatic heterocycles. The molecule has 5 heterocycles. The van der Waals surface area contributed by atoms with E-state index in [-0.39, 0.29) is 58.3 Å². The predicted octanol–water partition coefficient (Wildman–Crippen LogP) is 5.29. The van der Waals surface area contributed by atoms with Gasteiger partial charge in [-0.15, -0.1) is 11.8 Å². The molecule has 13 heteroatoms. The summed E-state index contributed by atoms with van der Waals surface area (Å²) in [5.74, 6) is -1.30. The summed E-state index contributed by atoms with van der Waals surface area (Å²) in [7, 11) is 0. The first kappa shape index (κ1) is 31.3. The van der Waals surface area contributed by atoms with Crippen LogP contribution in [0.15, 0.2) is 58.9 Å². The zero-order chi connectivity index (χ0) is 32.7. The summed E-state index contributed by atoms with van der Waals surface area (Å²) >= 11 is 1.50. The Balaban J connectivity index is 1.65. The molecule has 1 N–H and O–H groups in total. The van der Waals surface area contributed by atoms with Crippen LogP contribution in [0.5, 0.6) is 0 Å². The molecule has 4 aromatic rings. The number of anilines is 2. The molecule has 0 unspecified atom stereocenters. The largest absolute Gasteiger partial charge is 0.355 e. The van der Waals surface area contributed by atoms with E-state index in [0.717, 1.165) is 11.0 Å². The summed E-state index contributed by atoms with van der Waals surface area (Å²) in [6.45, 7) is 10.4. The SMILES string of the molecule is C=CC(=O)N1CCN(c2nc(=O)n3c4nc(c(F)cc24)-c2cc(ccc2F)NC(=O)CCCSc2cnc(C(C)C)c-3c2)[C@@H](C)C1. The number of hydrogen-bond acceptors (Lipinski definition) is 8.